The second-order valence-electron chi connectivity index (χ2n) is 8.73. The third kappa shape index (κ3) is 3.94. The van der Waals surface area contributed by atoms with Gasteiger partial charge in [-0.2, -0.15) is 0 Å². The van der Waals surface area contributed by atoms with Crippen LogP contribution in [-0.2, 0) is 35.6 Å². The number of nitrogens with one attached hydrogen (secondary N) is 2. The largest absolute Gasteiger partial charge is 0.331 e. The maximum atomic E-state index is 13.2. The number of aryl methyl sites for hydroxylation is 2. The SMILES string of the molecule is CN=S(=O)(/C=C/[C@]1(C)CCCN1C)NC(=O)Nc1c2c(cc3c1CCC3)CCC2. The highest BCUT2D eigenvalue weighted by Crippen LogP contribution is 2.38. The van der Waals surface area contributed by atoms with Crippen molar-refractivity contribution < 1.29 is 9.00 Å². The Bertz CT molecular complexity index is 945. The Kier molecular flexibility index (Phi) is 5.46. The Labute approximate surface area is 174 Å². The van der Waals surface area contributed by atoms with Gasteiger partial charge in [0, 0.05) is 23.7 Å². The van der Waals surface area contributed by atoms with E-state index in [4.69, 9.17) is 0 Å². The van der Waals surface area contributed by atoms with Crippen LogP contribution in [0.5, 0.6) is 0 Å². The Hall–Kier alpha value is -1.86. The molecule has 2 amide bonds. The molecule has 3 aliphatic rings. The Morgan fingerprint density at radius 3 is 2.38 bits per heavy atom. The summed E-state index contributed by atoms with van der Waals surface area (Å²) >= 11 is 0. The minimum absolute atomic E-state index is 0.146. The van der Waals surface area contributed by atoms with E-state index in [1.165, 1.54) is 29.3 Å². The first-order valence-corrected chi connectivity index (χ1v) is 12.2. The first kappa shape index (κ1) is 20.4. The average molecular weight is 417 g/mol. The third-order valence-electron chi connectivity index (χ3n) is 6.88. The molecule has 1 aliphatic heterocycles. The first-order chi connectivity index (χ1) is 13.8. The van der Waals surface area contributed by atoms with Gasteiger partial charge in [-0.1, -0.05) is 12.1 Å². The molecule has 1 aromatic carbocycles. The molecule has 6 nitrogen and oxygen atoms in total. The van der Waals surface area contributed by atoms with E-state index in [0.29, 0.717) is 0 Å². The van der Waals surface area contributed by atoms with Gasteiger partial charge in [0.05, 0.1) is 0 Å². The van der Waals surface area contributed by atoms with Crippen LogP contribution in [-0.4, -0.2) is 41.3 Å². The number of hydrogen-bond donors (Lipinski definition) is 2. The summed E-state index contributed by atoms with van der Waals surface area (Å²) in [6.45, 7) is 3.14. The lowest BCUT2D eigenvalue weighted by Crippen LogP contribution is -2.37. The number of rotatable bonds is 4. The van der Waals surface area contributed by atoms with E-state index in [9.17, 15) is 9.00 Å². The lowest BCUT2D eigenvalue weighted by atomic mass is 9.99. The smallest absolute Gasteiger partial charge is 0.307 e. The predicted octanol–water partition coefficient (Wildman–Crippen LogP) is 3.80. The van der Waals surface area contributed by atoms with Gasteiger partial charge in [-0.3, -0.25) is 4.90 Å². The lowest BCUT2D eigenvalue weighted by Gasteiger charge is -2.28. The highest BCUT2D eigenvalue weighted by atomic mass is 32.2. The number of anilines is 1. The van der Waals surface area contributed by atoms with Gasteiger partial charge in [-0.05, 0) is 94.1 Å². The quantitative estimate of drug-likeness (QED) is 0.784. The summed E-state index contributed by atoms with van der Waals surface area (Å²) in [7, 11) is 0.592. The van der Waals surface area contributed by atoms with Crippen LogP contribution in [0.2, 0.25) is 0 Å². The Morgan fingerprint density at radius 1 is 1.17 bits per heavy atom. The van der Waals surface area contributed by atoms with Crippen LogP contribution in [0.25, 0.3) is 0 Å². The van der Waals surface area contributed by atoms with Crippen molar-refractivity contribution >= 4 is 21.6 Å². The van der Waals surface area contributed by atoms with Gasteiger partial charge in [0.15, 0.2) is 9.92 Å². The lowest BCUT2D eigenvalue weighted by molar-refractivity contribution is 0.251. The molecule has 2 atom stereocenters. The minimum Gasteiger partial charge on any atom is -0.307 e. The fourth-order valence-electron chi connectivity index (χ4n) is 4.95. The van der Waals surface area contributed by atoms with E-state index in [1.54, 1.807) is 5.41 Å². The molecule has 0 bridgehead atoms. The molecule has 4 rings (SSSR count). The van der Waals surface area contributed by atoms with Crippen LogP contribution in [0, 0.1) is 0 Å². The van der Waals surface area contributed by atoms with E-state index in [2.05, 4.69) is 39.3 Å². The van der Waals surface area contributed by atoms with Crippen molar-refractivity contribution in [1.82, 2.24) is 9.62 Å². The zero-order chi connectivity index (χ0) is 20.6. The molecule has 0 aromatic heterocycles. The van der Waals surface area contributed by atoms with Crippen LogP contribution in [0.3, 0.4) is 0 Å². The van der Waals surface area contributed by atoms with Crippen LogP contribution in [0.4, 0.5) is 10.5 Å². The van der Waals surface area contributed by atoms with Gasteiger partial charge in [-0.15, -0.1) is 0 Å². The van der Waals surface area contributed by atoms with Crippen molar-refractivity contribution in [3.8, 4) is 0 Å². The van der Waals surface area contributed by atoms with E-state index >= 15 is 0 Å². The maximum Gasteiger partial charge on any atom is 0.331 e. The molecule has 29 heavy (non-hydrogen) atoms. The van der Waals surface area contributed by atoms with Crippen LogP contribution >= 0.6 is 0 Å². The summed E-state index contributed by atoms with van der Waals surface area (Å²) in [5.74, 6) is 0. The van der Waals surface area contributed by atoms with Gasteiger partial charge in [0.25, 0.3) is 0 Å². The number of likely N-dealkylation sites (N-methyl/N-ethyl adjacent to an activating group) is 1. The fourth-order valence-corrected chi connectivity index (χ4v) is 6.02. The van der Waals surface area contributed by atoms with E-state index in [1.807, 2.05) is 6.08 Å². The topological polar surface area (TPSA) is 73.8 Å². The van der Waals surface area contributed by atoms with Crippen LogP contribution in [0.1, 0.15) is 54.9 Å². The minimum atomic E-state index is -2.97. The summed E-state index contributed by atoms with van der Waals surface area (Å²) in [5.41, 5.74) is 6.05. The monoisotopic (exact) mass is 416 g/mol. The van der Waals surface area contributed by atoms with Crippen molar-refractivity contribution in [3.05, 3.63) is 39.8 Å². The van der Waals surface area contributed by atoms with Gasteiger partial charge in [-0.25, -0.2) is 18.1 Å². The molecule has 0 saturated carbocycles. The summed E-state index contributed by atoms with van der Waals surface area (Å²) in [4.78, 5) is 15.1. The van der Waals surface area contributed by atoms with E-state index < -0.39 is 15.9 Å². The van der Waals surface area contributed by atoms with Crippen molar-refractivity contribution in [1.29, 1.82) is 0 Å². The molecule has 1 heterocycles. The Balaban J connectivity index is 1.53. The highest BCUT2D eigenvalue weighted by Gasteiger charge is 2.31. The number of likely N-dealkylation sites (tertiary alicyclic amines) is 1. The molecular weight excluding hydrogens is 384 g/mol. The van der Waals surface area contributed by atoms with Gasteiger partial charge >= 0.3 is 6.03 Å². The van der Waals surface area contributed by atoms with Crippen molar-refractivity contribution in [2.45, 2.75) is 63.8 Å². The first-order valence-electron chi connectivity index (χ1n) is 10.6. The molecule has 0 radical (unpaired) electrons. The summed E-state index contributed by atoms with van der Waals surface area (Å²) in [5, 5.41) is 4.62. The number of carbonyl (C=O) groups is 1. The molecule has 1 unspecified atom stereocenters. The van der Waals surface area contributed by atoms with Crippen molar-refractivity contribution in [3.63, 3.8) is 0 Å². The molecule has 1 aromatic rings. The average Bonchev–Trinajstić information content (AvgIpc) is 3.41. The number of nitrogens with zero attached hydrogens (tertiary/aromatic N) is 2. The molecule has 7 heteroatoms. The zero-order valence-corrected chi connectivity index (χ0v) is 18.5. The molecule has 1 fully saturated rings. The summed E-state index contributed by atoms with van der Waals surface area (Å²) in [6.07, 6.45) is 10.5. The van der Waals surface area contributed by atoms with Crippen LogP contribution < -0.4 is 10.0 Å². The van der Waals surface area contributed by atoms with Crippen molar-refractivity contribution in [2.24, 2.45) is 4.36 Å². The highest BCUT2D eigenvalue weighted by molar-refractivity contribution is 7.95. The number of hydrogen-bond acceptors (Lipinski definition) is 4. The van der Waals surface area contributed by atoms with Gasteiger partial charge in [0.1, 0.15) is 0 Å². The third-order valence-corrected chi connectivity index (χ3v) is 8.41. The second-order valence-corrected chi connectivity index (χ2v) is 10.7. The molecule has 1 saturated heterocycles. The summed E-state index contributed by atoms with van der Waals surface area (Å²) in [6, 6.07) is 1.89. The molecule has 158 valence electrons. The molecular formula is C22H32N4O2S. The van der Waals surface area contributed by atoms with Gasteiger partial charge < -0.3 is 5.32 Å². The normalized spacial score (nSPS) is 25.6. The fraction of sp³-hybridized carbons (Fsp3) is 0.591. The zero-order valence-electron chi connectivity index (χ0n) is 17.7. The molecule has 2 N–H and O–H groups in total. The molecule has 0 spiro atoms. The van der Waals surface area contributed by atoms with E-state index in [-0.39, 0.29) is 5.54 Å². The maximum absolute atomic E-state index is 13.2. The standard InChI is InChI=1S/C22H32N4O2S/c1-22(11-6-13-26(22)3)12-14-29(28,23-2)25-21(27)24-20-18-9-4-7-16(18)15-17-8-5-10-19(17)20/h12,14-15H,4-11,13H2,1-3H3,(H2,23,24,25,27,28)/b14-12+/t22-,29?/m0/s1. The van der Waals surface area contributed by atoms with Crippen molar-refractivity contribution in [2.75, 3.05) is 26.0 Å². The number of carbonyl (C=O) groups excluding carboxylic acids is 1. The number of amides is 2. The number of fused-ring (bicyclic) bond motifs is 2. The van der Waals surface area contributed by atoms with Gasteiger partial charge in [0.2, 0.25) is 0 Å². The van der Waals surface area contributed by atoms with E-state index in [0.717, 1.165) is 63.6 Å². The number of benzene rings is 1. The Morgan fingerprint density at radius 2 is 1.83 bits per heavy atom. The van der Waals surface area contributed by atoms with Crippen LogP contribution in [0.15, 0.2) is 21.9 Å². The predicted molar refractivity (Wildman–Crippen MR) is 119 cm³/mol. The summed E-state index contributed by atoms with van der Waals surface area (Å²) < 4.78 is 19.8. The number of urea groups is 1. The second kappa shape index (κ2) is 7.76. The molecule has 2 aliphatic carbocycles.